The monoisotopic (exact) mass is 577 g/mol. The van der Waals surface area contributed by atoms with E-state index in [1.54, 1.807) is 54.6 Å². The number of rotatable bonds is 9. The molecule has 2 aliphatic heterocycles. The van der Waals surface area contributed by atoms with Gasteiger partial charge in [-0.15, -0.1) is 0 Å². The Hall–Kier alpha value is -4.35. The molecule has 0 aliphatic carbocycles. The maximum absolute atomic E-state index is 13.9. The van der Waals surface area contributed by atoms with E-state index in [4.69, 9.17) is 14.2 Å². The van der Waals surface area contributed by atoms with Crippen LogP contribution in [0.4, 0.5) is 20.6 Å². The Morgan fingerprint density at radius 1 is 1.05 bits per heavy atom. The van der Waals surface area contributed by atoms with E-state index >= 15 is 0 Å². The number of methoxy groups -OCH3 is 1. The molecular formula is C30H28FN3O6S. The van der Waals surface area contributed by atoms with Crippen LogP contribution in [-0.4, -0.2) is 61.9 Å². The Morgan fingerprint density at radius 3 is 2.54 bits per heavy atom. The number of amides is 3. The lowest BCUT2D eigenvalue weighted by molar-refractivity contribution is -0.127. The van der Waals surface area contributed by atoms with Gasteiger partial charge in [0.25, 0.3) is 11.1 Å². The zero-order valence-corrected chi connectivity index (χ0v) is 23.1. The van der Waals surface area contributed by atoms with Gasteiger partial charge in [-0.05, 0) is 65.9 Å². The summed E-state index contributed by atoms with van der Waals surface area (Å²) in [7, 11) is 1.47. The SMILES string of the molecule is COc1cc(/C=C2/SC(=O)N(CC(=O)Nc3ccc(N4CCOCC4)cc3)C2=O)ccc1OCc1ccccc1F. The van der Waals surface area contributed by atoms with Gasteiger partial charge in [0.15, 0.2) is 11.5 Å². The molecule has 2 aliphatic rings. The number of carbonyl (C=O) groups is 3. The van der Waals surface area contributed by atoms with Crippen LogP contribution in [0.3, 0.4) is 0 Å². The summed E-state index contributed by atoms with van der Waals surface area (Å²) in [5, 5.41) is 2.21. The maximum atomic E-state index is 13.9. The van der Waals surface area contributed by atoms with Crippen LogP contribution < -0.4 is 19.7 Å². The summed E-state index contributed by atoms with van der Waals surface area (Å²) in [6, 6.07) is 18.7. The Morgan fingerprint density at radius 2 is 1.80 bits per heavy atom. The molecule has 0 atom stereocenters. The number of thioether (sulfide) groups is 1. The summed E-state index contributed by atoms with van der Waals surface area (Å²) < 4.78 is 30.4. The first-order valence-electron chi connectivity index (χ1n) is 12.9. The zero-order valence-electron chi connectivity index (χ0n) is 22.3. The number of anilines is 2. The van der Waals surface area contributed by atoms with Crippen molar-refractivity contribution in [3.8, 4) is 11.5 Å². The molecule has 0 bridgehead atoms. The van der Waals surface area contributed by atoms with Crippen molar-refractivity contribution in [1.29, 1.82) is 0 Å². The number of nitrogens with zero attached hydrogens (tertiary/aromatic N) is 2. The van der Waals surface area contributed by atoms with Crippen LogP contribution in [0.25, 0.3) is 6.08 Å². The molecular weight excluding hydrogens is 549 g/mol. The third-order valence-corrected chi connectivity index (χ3v) is 7.44. The molecule has 41 heavy (non-hydrogen) atoms. The van der Waals surface area contributed by atoms with Crippen LogP contribution >= 0.6 is 11.8 Å². The van der Waals surface area contributed by atoms with Gasteiger partial charge in [0, 0.05) is 30.0 Å². The first kappa shape index (κ1) is 28.2. The van der Waals surface area contributed by atoms with E-state index in [-0.39, 0.29) is 17.3 Å². The molecule has 3 aromatic rings. The average Bonchev–Trinajstić information content (AvgIpc) is 3.25. The highest BCUT2D eigenvalue weighted by Crippen LogP contribution is 2.35. The summed E-state index contributed by atoms with van der Waals surface area (Å²) in [5.41, 5.74) is 2.60. The molecule has 5 rings (SSSR count). The molecule has 11 heteroatoms. The number of morpholine rings is 1. The van der Waals surface area contributed by atoms with Crippen molar-refractivity contribution < 1.29 is 33.0 Å². The largest absolute Gasteiger partial charge is 0.493 e. The quantitative estimate of drug-likeness (QED) is 0.358. The van der Waals surface area contributed by atoms with Gasteiger partial charge < -0.3 is 24.4 Å². The fourth-order valence-electron chi connectivity index (χ4n) is 4.37. The number of carbonyl (C=O) groups excluding carboxylic acids is 3. The highest BCUT2D eigenvalue weighted by molar-refractivity contribution is 8.18. The predicted molar refractivity (Wildman–Crippen MR) is 155 cm³/mol. The summed E-state index contributed by atoms with van der Waals surface area (Å²) in [5.74, 6) is -0.625. The smallest absolute Gasteiger partial charge is 0.294 e. The minimum absolute atomic E-state index is 0.0152. The van der Waals surface area contributed by atoms with E-state index < -0.39 is 23.6 Å². The first-order chi connectivity index (χ1) is 19.9. The minimum atomic E-state index is -0.559. The van der Waals surface area contributed by atoms with Crippen molar-refractivity contribution in [3.63, 3.8) is 0 Å². The van der Waals surface area contributed by atoms with Crippen LogP contribution in [0.15, 0.2) is 71.6 Å². The standard InChI is InChI=1S/C30H28FN3O6S/c1-38-26-16-20(6-11-25(26)40-19-21-4-2-3-5-24(21)31)17-27-29(36)34(30(37)41-27)18-28(35)32-22-7-9-23(10-8-22)33-12-14-39-15-13-33/h2-11,16-17H,12-15,18-19H2,1H3,(H,32,35)/b27-17+. The Bertz CT molecular complexity index is 1470. The normalized spacial score (nSPS) is 16.3. The molecule has 0 aromatic heterocycles. The third-order valence-electron chi connectivity index (χ3n) is 6.53. The lowest BCUT2D eigenvalue weighted by atomic mass is 10.1. The van der Waals surface area contributed by atoms with E-state index in [0.29, 0.717) is 41.5 Å². The lowest BCUT2D eigenvalue weighted by Crippen LogP contribution is -2.36. The molecule has 2 saturated heterocycles. The van der Waals surface area contributed by atoms with Crippen LogP contribution in [0, 0.1) is 5.82 Å². The van der Waals surface area contributed by atoms with Gasteiger partial charge in [-0.25, -0.2) is 4.39 Å². The van der Waals surface area contributed by atoms with Crippen molar-refractivity contribution in [2.45, 2.75) is 6.61 Å². The van der Waals surface area contributed by atoms with Gasteiger partial charge in [-0.1, -0.05) is 24.3 Å². The summed E-state index contributed by atoms with van der Waals surface area (Å²) in [6.45, 7) is 2.57. The van der Waals surface area contributed by atoms with E-state index in [2.05, 4.69) is 10.2 Å². The molecule has 0 saturated carbocycles. The lowest BCUT2D eigenvalue weighted by Gasteiger charge is -2.28. The highest BCUT2D eigenvalue weighted by atomic mass is 32.2. The Balaban J connectivity index is 1.20. The van der Waals surface area contributed by atoms with E-state index in [1.165, 1.54) is 13.2 Å². The Kier molecular flexibility index (Phi) is 8.85. The number of benzene rings is 3. The molecule has 212 valence electrons. The van der Waals surface area contributed by atoms with Crippen LogP contribution in [0.1, 0.15) is 11.1 Å². The van der Waals surface area contributed by atoms with Gasteiger partial charge in [0.2, 0.25) is 5.91 Å². The van der Waals surface area contributed by atoms with E-state index in [1.807, 2.05) is 12.1 Å². The number of ether oxygens (including phenoxy) is 3. The molecule has 1 N–H and O–H groups in total. The fourth-order valence-corrected chi connectivity index (χ4v) is 5.21. The third kappa shape index (κ3) is 6.87. The molecule has 3 aromatic carbocycles. The summed E-state index contributed by atoms with van der Waals surface area (Å²) >= 11 is 0.759. The highest BCUT2D eigenvalue weighted by Gasteiger charge is 2.36. The van der Waals surface area contributed by atoms with Gasteiger partial charge >= 0.3 is 0 Å². The minimum Gasteiger partial charge on any atom is -0.493 e. The number of hydrogen-bond acceptors (Lipinski definition) is 8. The van der Waals surface area contributed by atoms with Gasteiger partial charge in [0.1, 0.15) is 19.0 Å². The van der Waals surface area contributed by atoms with Crippen LogP contribution in [0.2, 0.25) is 0 Å². The van der Waals surface area contributed by atoms with Crippen LogP contribution in [0.5, 0.6) is 11.5 Å². The van der Waals surface area contributed by atoms with E-state index in [9.17, 15) is 18.8 Å². The number of halogens is 1. The van der Waals surface area contributed by atoms with E-state index in [0.717, 1.165) is 35.4 Å². The van der Waals surface area contributed by atoms with Crippen molar-refractivity contribution in [3.05, 3.63) is 88.6 Å². The molecule has 9 nitrogen and oxygen atoms in total. The average molecular weight is 578 g/mol. The number of imide groups is 1. The summed E-state index contributed by atoms with van der Waals surface area (Å²) in [4.78, 5) is 41.5. The van der Waals surface area contributed by atoms with Crippen molar-refractivity contribution >= 4 is 46.3 Å². The predicted octanol–water partition coefficient (Wildman–Crippen LogP) is 4.92. The van der Waals surface area contributed by atoms with Gasteiger partial charge in [-0.2, -0.15) is 0 Å². The number of hydrogen-bond donors (Lipinski definition) is 1. The second kappa shape index (κ2) is 12.9. The topological polar surface area (TPSA) is 97.4 Å². The molecule has 0 spiro atoms. The molecule has 2 fully saturated rings. The molecule has 0 radical (unpaired) electrons. The first-order valence-corrected chi connectivity index (χ1v) is 13.7. The van der Waals surface area contributed by atoms with Crippen molar-refractivity contribution in [2.75, 3.05) is 50.2 Å². The van der Waals surface area contributed by atoms with Gasteiger partial charge in [0.05, 0.1) is 25.2 Å². The fraction of sp³-hybridized carbons (Fsp3) is 0.233. The summed E-state index contributed by atoms with van der Waals surface area (Å²) in [6.07, 6.45) is 1.55. The Labute approximate surface area is 240 Å². The molecule has 3 amide bonds. The second-order valence-corrected chi connectivity index (χ2v) is 10.2. The van der Waals surface area contributed by atoms with Crippen molar-refractivity contribution in [2.24, 2.45) is 0 Å². The molecule has 2 heterocycles. The van der Waals surface area contributed by atoms with Gasteiger partial charge in [-0.3, -0.25) is 19.3 Å². The number of nitrogens with one attached hydrogen (secondary N) is 1. The van der Waals surface area contributed by atoms with Crippen molar-refractivity contribution in [1.82, 2.24) is 4.90 Å². The zero-order chi connectivity index (χ0) is 28.8. The molecule has 0 unspecified atom stereocenters. The van der Waals surface area contributed by atoms with Crippen LogP contribution in [-0.2, 0) is 20.9 Å². The maximum Gasteiger partial charge on any atom is 0.294 e. The second-order valence-electron chi connectivity index (χ2n) is 9.25.